The molecular formula is C16H18ClNO2S. The third-order valence-electron chi connectivity index (χ3n) is 3.25. The van der Waals surface area contributed by atoms with Gasteiger partial charge in [-0.1, -0.05) is 30.7 Å². The molecule has 2 aromatic rings. The van der Waals surface area contributed by atoms with Crippen molar-refractivity contribution in [1.82, 2.24) is 5.32 Å². The fraction of sp³-hybridized carbons (Fsp3) is 0.312. The highest BCUT2D eigenvalue weighted by atomic mass is 35.5. The first-order chi connectivity index (χ1) is 10.1. The van der Waals surface area contributed by atoms with Crippen LogP contribution < -0.4 is 5.32 Å². The number of halogens is 1. The molecule has 0 spiro atoms. The maximum atomic E-state index is 10.7. The summed E-state index contributed by atoms with van der Waals surface area (Å²) in [5.74, 6) is -0.788. The predicted octanol–water partition coefficient (Wildman–Crippen LogP) is 4.27. The first-order valence-corrected chi connectivity index (χ1v) is 8.06. The predicted molar refractivity (Wildman–Crippen MR) is 87.0 cm³/mol. The molecule has 5 heteroatoms. The van der Waals surface area contributed by atoms with Crippen molar-refractivity contribution < 1.29 is 9.90 Å². The van der Waals surface area contributed by atoms with Crippen molar-refractivity contribution in [3.63, 3.8) is 0 Å². The molecule has 1 aromatic carbocycles. The summed E-state index contributed by atoms with van der Waals surface area (Å²) in [6.45, 7) is 2.88. The van der Waals surface area contributed by atoms with Gasteiger partial charge >= 0.3 is 5.97 Å². The lowest BCUT2D eigenvalue weighted by Gasteiger charge is -2.17. The van der Waals surface area contributed by atoms with Gasteiger partial charge in [-0.05, 0) is 36.2 Å². The van der Waals surface area contributed by atoms with Crippen LogP contribution in [-0.4, -0.2) is 11.1 Å². The molecule has 0 saturated carbocycles. The summed E-state index contributed by atoms with van der Waals surface area (Å²) in [7, 11) is 0. The number of carboxylic acids is 1. The number of nitrogens with one attached hydrogen (secondary N) is 1. The molecule has 1 heterocycles. The third-order valence-corrected chi connectivity index (χ3v) is 4.58. The quantitative estimate of drug-likeness (QED) is 0.800. The standard InChI is InChI=1S/C16H18ClNO2S/c1-2-15(11-3-5-12(17)6-4-11)18-10-14-8-7-13(21-14)9-16(19)20/h3-8,15,18H,2,9-10H2,1H3,(H,19,20). The zero-order chi connectivity index (χ0) is 15.2. The van der Waals surface area contributed by atoms with E-state index in [2.05, 4.69) is 12.2 Å². The molecule has 1 unspecified atom stereocenters. The van der Waals surface area contributed by atoms with E-state index in [0.717, 1.165) is 27.7 Å². The first kappa shape index (κ1) is 16.0. The van der Waals surface area contributed by atoms with E-state index in [4.69, 9.17) is 16.7 Å². The molecule has 1 aromatic heterocycles. The highest BCUT2D eigenvalue weighted by molar-refractivity contribution is 7.12. The second-order valence-corrected chi connectivity index (χ2v) is 6.52. The summed E-state index contributed by atoms with van der Waals surface area (Å²) in [6, 6.07) is 12.0. The van der Waals surface area contributed by atoms with E-state index in [9.17, 15) is 4.79 Å². The Hall–Kier alpha value is -1.36. The molecule has 0 radical (unpaired) electrons. The van der Waals surface area contributed by atoms with Gasteiger partial charge in [0.15, 0.2) is 0 Å². The van der Waals surface area contributed by atoms with Crippen LogP contribution in [0, 0.1) is 0 Å². The molecule has 0 aliphatic heterocycles. The second-order valence-electron chi connectivity index (χ2n) is 4.83. The van der Waals surface area contributed by atoms with Crippen LogP contribution in [0.5, 0.6) is 0 Å². The highest BCUT2D eigenvalue weighted by Crippen LogP contribution is 2.22. The molecule has 2 rings (SSSR count). The molecule has 2 N–H and O–H groups in total. The van der Waals surface area contributed by atoms with Crippen LogP contribution in [-0.2, 0) is 17.8 Å². The van der Waals surface area contributed by atoms with Gasteiger partial charge in [0.25, 0.3) is 0 Å². The second kappa shape index (κ2) is 7.59. The fourth-order valence-corrected chi connectivity index (χ4v) is 3.26. The van der Waals surface area contributed by atoms with Gasteiger partial charge in [-0.25, -0.2) is 0 Å². The zero-order valence-electron chi connectivity index (χ0n) is 11.8. The topological polar surface area (TPSA) is 49.3 Å². The lowest BCUT2D eigenvalue weighted by molar-refractivity contribution is -0.136. The van der Waals surface area contributed by atoms with Crippen LogP contribution >= 0.6 is 22.9 Å². The van der Waals surface area contributed by atoms with Gasteiger partial charge in [-0.3, -0.25) is 4.79 Å². The Balaban J connectivity index is 1.95. The maximum absolute atomic E-state index is 10.7. The number of hydrogen-bond acceptors (Lipinski definition) is 3. The van der Waals surface area contributed by atoms with Crippen molar-refractivity contribution in [1.29, 1.82) is 0 Å². The molecule has 0 bridgehead atoms. The van der Waals surface area contributed by atoms with E-state index >= 15 is 0 Å². The van der Waals surface area contributed by atoms with Crippen molar-refractivity contribution in [2.24, 2.45) is 0 Å². The van der Waals surface area contributed by atoms with Crippen LogP contribution in [0.25, 0.3) is 0 Å². The summed E-state index contributed by atoms with van der Waals surface area (Å²) in [5, 5.41) is 13.0. The monoisotopic (exact) mass is 323 g/mol. The molecule has 0 aliphatic rings. The molecule has 0 saturated heterocycles. The van der Waals surface area contributed by atoms with Crippen molar-refractivity contribution >= 4 is 28.9 Å². The van der Waals surface area contributed by atoms with Crippen molar-refractivity contribution in [2.75, 3.05) is 0 Å². The Morgan fingerprint density at radius 3 is 2.52 bits per heavy atom. The molecule has 0 aliphatic carbocycles. The van der Waals surface area contributed by atoms with E-state index < -0.39 is 5.97 Å². The van der Waals surface area contributed by atoms with E-state index in [0.29, 0.717) is 0 Å². The normalized spacial score (nSPS) is 12.3. The van der Waals surface area contributed by atoms with Crippen molar-refractivity contribution in [3.05, 3.63) is 56.7 Å². The molecule has 3 nitrogen and oxygen atoms in total. The Morgan fingerprint density at radius 2 is 1.90 bits per heavy atom. The van der Waals surface area contributed by atoms with Gasteiger partial charge < -0.3 is 10.4 Å². The van der Waals surface area contributed by atoms with Gasteiger partial charge in [0.2, 0.25) is 0 Å². The SMILES string of the molecule is CCC(NCc1ccc(CC(=O)O)s1)c1ccc(Cl)cc1. The third kappa shape index (κ3) is 4.84. The minimum absolute atomic E-state index is 0.0963. The van der Waals surface area contributed by atoms with Crippen LogP contribution in [0.2, 0.25) is 5.02 Å². The Bertz CT molecular complexity index is 595. The summed E-state index contributed by atoms with van der Waals surface area (Å²) in [6.07, 6.45) is 1.08. The van der Waals surface area contributed by atoms with E-state index in [1.807, 2.05) is 36.4 Å². The lowest BCUT2D eigenvalue weighted by Crippen LogP contribution is -2.19. The van der Waals surface area contributed by atoms with E-state index in [-0.39, 0.29) is 12.5 Å². The van der Waals surface area contributed by atoms with Crippen molar-refractivity contribution in [2.45, 2.75) is 32.4 Å². The Morgan fingerprint density at radius 1 is 1.24 bits per heavy atom. The molecular weight excluding hydrogens is 306 g/mol. The van der Waals surface area contributed by atoms with E-state index in [1.165, 1.54) is 5.56 Å². The Labute approximate surface area is 133 Å². The largest absolute Gasteiger partial charge is 0.481 e. The average Bonchev–Trinajstić information content (AvgIpc) is 2.88. The smallest absolute Gasteiger partial charge is 0.308 e. The fourth-order valence-electron chi connectivity index (χ4n) is 2.18. The minimum atomic E-state index is -0.788. The first-order valence-electron chi connectivity index (χ1n) is 6.86. The number of thiophene rings is 1. The number of benzene rings is 1. The number of aliphatic carboxylic acids is 1. The van der Waals surface area contributed by atoms with Gasteiger partial charge in [0.05, 0.1) is 6.42 Å². The van der Waals surface area contributed by atoms with Gasteiger partial charge in [0.1, 0.15) is 0 Å². The summed E-state index contributed by atoms with van der Waals surface area (Å²) in [5.41, 5.74) is 1.21. The van der Waals surface area contributed by atoms with Crippen LogP contribution in [0.15, 0.2) is 36.4 Å². The van der Waals surface area contributed by atoms with Gasteiger partial charge in [-0.15, -0.1) is 11.3 Å². The number of carboxylic acid groups (broad SMARTS) is 1. The van der Waals surface area contributed by atoms with Crippen LogP contribution in [0.4, 0.5) is 0 Å². The van der Waals surface area contributed by atoms with E-state index in [1.54, 1.807) is 11.3 Å². The van der Waals surface area contributed by atoms with Crippen molar-refractivity contribution in [3.8, 4) is 0 Å². The molecule has 112 valence electrons. The molecule has 1 atom stereocenters. The van der Waals surface area contributed by atoms with Gasteiger partial charge in [-0.2, -0.15) is 0 Å². The van der Waals surface area contributed by atoms with Gasteiger partial charge in [0, 0.05) is 27.4 Å². The molecule has 0 amide bonds. The summed E-state index contributed by atoms with van der Waals surface area (Å²) in [4.78, 5) is 12.7. The number of rotatable bonds is 7. The number of hydrogen-bond donors (Lipinski definition) is 2. The maximum Gasteiger partial charge on any atom is 0.308 e. The van der Waals surface area contributed by atoms with Crippen LogP contribution in [0.3, 0.4) is 0 Å². The molecule has 0 fully saturated rings. The van der Waals surface area contributed by atoms with Crippen LogP contribution in [0.1, 0.15) is 34.7 Å². The Kier molecular flexibility index (Phi) is 5.79. The average molecular weight is 324 g/mol. The molecule has 21 heavy (non-hydrogen) atoms. The summed E-state index contributed by atoms with van der Waals surface area (Å²) >= 11 is 7.46. The highest BCUT2D eigenvalue weighted by Gasteiger charge is 2.10. The number of carbonyl (C=O) groups is 1. The zero-order valence-corrected chi connectivity index (χ0v) is 13.4. The minimum Gasteiger partial charge on any atom is -0.481 e. The summed E-state index contributed by atoms with van der Waals surface area (Å²) < 4.78 is 0. The lowest BCUT2D eigenvalue weighted by atomic mass is 10.0.